The topological polar surface area (TPSA) is 51.0 Å². The Labute approximate surface area is 97.9 Å². The molecule has 0 atom stereocenters. The van der Waals surface area contributed by atoms with Crippen molar-refractivity contribution in [3.05, 3.63) is 28.9 Å². The molecule has 2 heterocycles. The van der Waals surface area contributed by atoms with Crippen molar-refractivity contribution in [1.82, 2.24) is 9.36 Å². The summed E-state index contributed by atoms with van der Waals surface area (Å²) in [5, 5.41) is 5.36. The van der Waals surface area contributed by atoms with Gasteiger partial charge in [0.15, 0.2) is 6.39 Å². The van der Waals surface area contributed by atoms with Crippen LogP contribution >= 0.6 is 11.5 Å². The van der Waals surface area contributed by atoms with Crippen LogP contribution in [0.4, 0.5) is 5.69 Å². The Kier molecular flexibility index (Phi) is 2.40. The highest BCUT2D eigenvalue weighted by Crippen LogP contribution is 2.41. The van der Waals surface area contributed by atoms with Crippen molar-refractivity contribution in [2.45, 2.75) is 32.2 Å². The monoisotopic (exact) mass is 235 g/mol. The van der Waals surface area contributed by atoms with Crippen LogP contribution in [0.2, 0.25) is 0 Å². The molecule has 16 heavy (non-hydrogen) atoms. The molecule has 0 amide bonds. The van der Waals surface area contributed by atoms with Gasteiger partial charge in [0.25, 0.3) is 0 Å². The molecule has 1 N–H and O–H groups in total. The summed E-state index contributed by atoms with van der Waals surface area (Å²) in [5.74, 6) is 1.68. The smallest absolute Gasteiger partial charge is 0.181 e. The summed E-state index contributed by atoms with van der Waals surface area (Å²) in [6.07, 6.45) is 4.02. The van der Waals surface area contributed by atoms with Crippen LogP contribution in [0.3, 0.4) is 0 Å². The number of aryl methyl sites for hydroxylation is 1. The molecule has 0 radical (unpaired) electrons. The molecular formula is C11H13N3OS. The average molecular weight is 235 g/mol. The summed E-state index contributed by atoms with van der Waals surface area (Å²) in [5.41, 5.74) is 3.17. The Hall–Kier alpha value is -1.36. The second-order valence-electron chi connectivity index (χ2n) is 4.10. The van der Waals surface area contributed by atoms with Gasteiger partial charge in [-0.05, 0) is 31.3 Å². The van der Waals surface area contributed by atoms with Gasteiger partial charge in [-0.3, -0.25) is 0 Å². The van der Waals surface area contributed by atoms with Crippen LogP contribution in [0.5, 0.6) is 0 Å². The van der Waals surface area contributed by atoms with E-state index in [0.29, 0.717) is 5.92 Å². The highest BCUT2D eigenvalue weighted by atomic mass is 32.1. The van der Waals surface area contributed by atoms with Gasteiger partial charge in [-0.1, -0.05) is 0 Å². The third-order valence-corrected chi connectivity index (χ3v) is 3.54. The average Bonchev–Trinajstić information content (AvgIpc) is 2.88. The number of anilines is 1. The minimum atomic E-state index is 0.612. The first-order chi connectivity index (χ1) is 7.84. The van der Waals surface area contributed by atoms with E-state index < -0.39 is 0 Å². The van der Waals surface area contributed by atoms with Crippen LogP contribution in [-0.4, -0.2) is 9.36 Å². The van der Waals surface area contributed by atoms with E-state index in [1.807, 2.05) is 12.3 Å². The summed E-state index contributed by atoms with van der Waals surface area (Å²) in [7, 11) is 0. The van der Waals surface area contributed by atoms with Gasteiger partial charge in [0.1, 0.15) is 11.5 Å². The van der Waals surface area contributed by atoms with Gasteiger partial charge in [0.05, 0.1) is 17.9 Å². The van der Waals surface area contributed by atoms with E-state index >= 15 is 0 Å². The maximum absolute atomic E-state index is 5.42. The zero-order chi connectivity index (χ0) is 11.0. The van der Waals surface area contributed by atoms with Crippen LogP contribution in [0.1, 0.15) is 35.9 Å². The summed E-state index contributed by atoms with van der Waals surface area (Å²) < 4.78 is 9.65. The second-order valence-corrected chi connectivity index (χ2v) is 4.73. The van der Waals surface area contributed by atoms with Crippen molar-refractivity contribution in [3.63, 3.8) is 0 Å². The van der Waals surface area contributed by atoms with Crippen molar-refractivity contribution in [1.29, 1.82) is 0 Å². The Morgan fingerprint density at radius 3 is 3.12 bits per heavy atom. The molecule has 0 saturated heterocycles. The lowest BCUT2D eigenvalue weighted by Crippen LogP contribution is -2.02. The van der Waals surface area contributed by atoms with Gasteiger partial charge in [-0.15, -0.1) is 0 Å². The number of nitrogens with zero attached hydrogens (tertiary/aromatic N) is 2. The minimum Gasteiger partial charge on any atom is -0.448 e. The van der Waals surface area contributed by atoms with Crippen LogP contribution in [0.15, 0.2) is 16.2 Å². The molecule has 4 nitrogen and oxygen atoms in total. The van der Waals surface area contributed by atoms with E-state index in [0.717, 1.165) is 29.4 Å². The molecule has 1 aliphatic carbocycles. The predicted octanol–water partition coefficient (Wildman–Crippen LogP) is 2.93. The molecule has 1 saturated carbocycles. The summed E-state index contributed by atoms with van der Waals surface area (Å²) in [6.45, 7) is 2.73. The van der Waals surface area contributed by atoms with Crippen molar-refractivity contribution >= 4 is 17.2 Å². The number of oxazole rings is 1. The van der Waals surface area contributed by atoms with E-state index in [4.69, 9.17) is 4.42 Å². The summed E-state index contributed by atoms with van der Waals surface area (Å²) in [6, 6.07) is 0. The predicted molar refractivity (Wildman–Crippen MR) is 62.7 cm³/mol. The van der Waals surface area contributed by atoms with Gasteiger partial charge >= 0.3 is 0 Å². The number of nitrogens with one attached hydrogen (secondary N) is 1. The lowest BCUT2D eigenvalue weighted by Gasteiger charge is -2.03. The number of hydrogen-bond donors (Lipinski definition) is 1. The zero-order valence-electron chi connectivity index (χ0n) is 9.06. The molecule has 2 aromatic heterocycles. The van der Waals surface area contributed by atoms with E-state index in [1.165, 1.54) is 24.4 Å². The normalized spacial score (nSPS) is 15.3. The molecule has 0 spiro atoms. The van der Waals surface area contributed by atoms with E-state index in [-0.39, 0.29) is 0 Å². The first-order valence-corrected chi connectivity index (χ1v) is 6.25. The molecule has 0 bridgehead atoms. The number of hydrogen-bond acceptors (Lipinski definition) is 5. The fourth-order valence-electron chi connectivity index (χ4n) is 1.73. The highest BCUT2D eigenvalue weighted by molar-refractivity contribution is 7.04. The van der Waals surface area contributed by atoms with Crippen LogP contribution in [0, 0.1) is 6.92 Å². The zero-order valence-corrected chi connectivity index (χ0v) is 9.88. The fraction of sp³-hybridized carbons (Fsp3) is 0.455. The Morgan fingerprint density at radius 1 is 1.56 bits per heavy atom. The number of rotatable bonds is 4. The van der Waals surface area contributed by atoms with Crippen LogP contribution in [-0.2, 0) is 6.54 Å². The van der Waals surface area contributed by atoms with Gasteiger partial charge in [0.2, 0.25) is 0 Å². The molecule has 1 fully saturated rings. The highest BCUT2D eigenvalue weighted by Gasteiger charge is 2.29. The molecule has 3 rings (SSSR count). The van der Waals surface area contributed by atoms with Crippen molar-refractivity contribution < 1.29 is 4.42 Å². The molecule has 1 aliphatic rings. The summed E-state index contributed by atoms with van der Waals surface area (Å²) >= 11 is 1.47. The molecule has 2 aromatic rings. The minimum absolute atomic E-state index is 0.612. The Morgan fingerprint density at radius 2 is 2.44 bits per heavy atom. The second kappa shape index (κ2) is 3.90. The van der Waals surface area contributed by atoms with Gasteiger partial charge in [-0.25, -0.2) is 4.98 Å². The largest absolute Gasteiger partial charge is 0.448 e. The van der Waals surface area contributed by atoms with E-state index in [1.54, 1.807) is 6.39 Å². The van der Waals surface area contributed by atoms with Crippen molar-refractivity contribution in [2.75, 3.05) is 5.32 Å². The third kappa shape index (κ3) is 1.82. The fourth-order valence-corrected chi connectivity index (χ4v) is 2.40. The first-order valence-electron chi connectivity index (χ1n) is 5.41. The Bertz CT molecular complexity index is 487. The Balaban J connectivity index is 1.70. The van der Waals surface area contributed by atoms with Gasteiger partial charge < -0.3 is 9.73 Å². The lowest BCUT2D eigenvalue weighted by molar-refractivity contribution is 0.503. The standard InChI is InChI=1S/C11H13N3OS/c1-7-10(5-16-14-7)12-4-9-11(8-2-3-8)15-6-13-9/h5-6,8,12H,2-4H2,1H3. The van der Waals surface area contributed by atoms with E-state index in [9.17, 15) is 0 Å². The van der Waals surface area contributed by atoms with Crippen molar-refractivity contribution in [3.8, 4) is 0 Å². The molecule has 5 heteroatoms. The molecule has 0 aromatic carbocycles. The quantitative estimate of drug-likeness (QED) is 0.885. The summed E-state index contributed by atoms with van der Waals surface area (Å²) in [4.78, 5) is 4.26. The molecular weight excluding hydrogens is 222 g/mol. The SMILES string of the molecule is Cc1nscc1NCc1ncoc1C1CC1. The maximum atomic E-state index is 5.42. The molecule has 0 aliphatic heterocycles. The first kappa shape index (κ1) is 9.84. The number of aromatic nitrogens is 2. The van der Waals surface area contributed by atoms with Crippen molar-refractivity contribution in [2.24, 2.45) is 0 Å². The third-order valence-electron chi connectivity index (χ3n) is 2.82. The van der Waals surface area contributed by atoms with Crippen LogP contribution < -0.4 is 5.32 Å². The van der Waals surface area contributed by atoms with E-state index in [2.05, 4.69) is 14.7 Å². The van der Waals surface area contributed by atoms with Gasteiger partial charge in [-0.2, -0.15) is 4.37 Å². The van der Waals surface area contributed by atoms with Gasteiger partial charge in [0, 0.05) is 11.3 Å². The van der Waals surface area contributed by atoms with Crippen LogP contribution in [0.25, 0.3) is 0 Å². The molecule has 84 valence electrons. The molecule has 0 unspecified atom stereocenters. The lowest BCUT2D eigenvalue weighted by atomic mass is 10.2. The maximum Gasteiger partial charge on any atom is 0.181 e.